The smallest absolute Gasteiger partial charge is 0.321 e. The highest BCUT2D eigenvalue weighted by molar-refractivity contribution is 5.93. The number of hydrogen-bond acceptors (Lipinski definition) is 5. The van der Waals surface area contributed by atoms with Crippen molar-refractivity contribution < 1.29 is 9.72 Å². The maximum atomic E-state index is 12.3. The molecule has 1 unspecified atom stereocenters. The van der Waals surface area contributed by atoms with Crippen LogP contribution < -0.4 is 5.32 Å². The Morgan fingerprint density at radius 3 is 2.55 bits per heavy atom. The van der Waals surface area contributed by atoms with Crippen molar-refractivity contribution in [3.05, 3.63) is 27.9 Å². The van der Waals surface area contributed by atoms with Crippen LogP contribution >= 0.6 is 12.4 Å². The quantitative estimate of drug-likeness (QED) is 0.621. The van der Waals surface area contributed by atoms with Crippen LogP contribution in [0.25, 0.3) is 0 Å². The fourth-order valence-electron chi connectivity index (χ4n) is 3.03. The Hall–Kier alpha value is -1.64. The minimum absolute atomic E-state index is 0. The summed E-state index contributed by atoms with van der Waals surface area (Å²) < 4.78 is 0. The van der Waals surface area contributed by atoms with Gasteiger partial charge in [-0.15, -0.1) is 12.4 Å². The molecule has 2 aliphatic rings. The molecule has 2 fully saturated rings. The van der Waals surface area contributed by atoms with Gasteiger partial charge in [0.25, 0.3) is 5.91 Å². The molecule has 1 atom stereocenters. The number of nitrogens with zero attached hydrogens (tertiary/aromatic N) is 3. The monoisotopic (exact) mass is 329 g/mol. The topological polar surface area (TPSA) is 94.5 Å². The normalized spacial score (nSPS) is 22.4. The van der Waals surface area contributed by atoms with E-state index < -0.39 is 4.92 Å². The second-order valence-corrected chi connectivity index (χ2v) is 5.49. The highest BCUT2D eigenvalue weighted by atomic mass is 35.5. The zero-order valence-electron chi connectivity index (χ0n) is 12.2. The summed E-state index contributed by atoms with van der Waals surface area (Å²) in [5.41, 5.74) is 0.290. The number of carbonyl (C=O) groups is 1. The maximum Gasteiger partial charge on any atom is 0.321 e. The van der Waals surface area contributed by atoms with E-state index in [1.165, 1.54) is 12.1 Å². The van der Waals surface area contributed by atoms with Crippen molar-refractivity contribution in [2.45, 2.75) is 12.5 Å². The van der Waals surface area contributed by atoms with Crippen molar-refractivity contribution >= 4 is 24.1 Å². The highest BCUT2D eigenvalue weighted by Gasteiger charge is 2.29. The van der Waals surface area contributed by atoms with Crippen LogP contribution in [0.3, 0.4) is 0 Å². The van der Waals surface area contributed by atoms with Gasteiger partial charge in [-0.1, -0.05) is 0 Å². The molecule has 1 aromatic rings. The molecule has 122 valence electrons. The third kappa shape index (κ3) is 3.40. The van der Waals surface area contributed by atoms with Crippen LogP contribution in [0, 0.1) is 10.1 Å². The van der Waals surface area contributed by atoms with Crippen molar-refractivity contribution in [3.8, 4) is 0 Å². The SMILES string of the molecule is Cl.O=C(c1ccc([N+](=O)[O-])[nH]1)N1CCN(C2CCNC2)CC1. The van der Waals surface area contributed by atoms with Gasteiger partial charge in [-0.05, 0) is 24.0 Å². The first-order valence-corrected chi connectivity index (χ1v) is 7.22. The van der Waals surface area contributed by atoms with Crippen LogP contribution in [0.5, 0.6) is 0 Å². The third-order valence-corrected chi connectivity index (χ3v) is 4.25. The van der Waals surface area contributed by atoms with Gasteiger partial charge in [0, 0.05) is 44.8 Å². The Morgan fingerprint density at radius 1 is 1.27 bits per heavy atom. The van der Waals surface area contributed by atoms with Gasteiger partial charge in [0.2, 0.25) is 0 Å². The van der Waals surface area contributed by atoms with E-state index in [4.69, 9.17) is 0 Å². The second kappa shape index (κ2) is 7.08. The third-order valence-electron chi connectivity index (χ3n) is 4.25. The van der Waals surface area contributed by atoms with Gasteiger partial charge >= 0.3 is 5.82 Å². The molecule has 3 rings (SSSR count). The predicted octanol–water partition coefficient (Wildman–Crippen LogP) is 0.464. The van der Waals surface area contributed by atoms with Gasteiger partial charge in [0.05, 0.1) is 0 Å². The molecule has 1 aromatic heterocycles. The van der Waals surface area contributed by atoms with Crippen molar-refractivity contribution in [1.29, 1.82) is 0 Å². The average molecular weight is 330 g/mol. The Bertz CT molecular complexity index is 536. The minimum Gasteiger partial charge on any atom is -0.358 e. The predicted molar refractivity (Wildman–Crippen MR) is 83.4 cm³/mol. The Kier molecular flexibility index (Phi) is 5.38. The van der Waals surface area contributed by atoms with E-state index in [9.17, 15) is 14.9 Å². The van der Waals surface area contributed by atoms with Gasteiger partial charge in [-0.2, -0.15) is 0 Å². The van der Waals surface area contributed by atoms with E-state index in [1.54, 1.807) is 4.90 Å². The Morgan fingerprint density at radius 2 is 2.00 bits per heavy atom. The van der Waals surface area contributed by atoms with Crippen molar-refractivity contribution in [1.82, 2.24) is 20.1 Å². The molecule has 8 nitrogen and oxygen atoms in total. The van der Waals surface area contributed by atoms with Crippen molar-refractivity contribution in [2.24, 2.45) is 0 Å². The number of piperazine rings is 1. The van der Waals surface area contributed by atoms with Gasteiger partial charge in [0.15, 0.2) is 5.69 Å². The molecule has 0 radical (unpaired) electrons. The second-order valence-electron chi connectivity index (χ2n) is 5.49. The molecule has 2 N–H and O–H groups in total. The number of amides is 1. The van der Waals surface area contributed by atoms with E-state index in [0.29, 0.717) is 19.1 Å². The standard InChI is InChI=1S/C13H19N5O3.ClH/c19-13(11-1-2-12(15-11)18(20)21)17-7-5-16(6-8-17)10-3-4-14-9-10;/h1-2,10,14-15H,3-9H2;1H. The molecule has 3 heterocycles. The first-order valence-electron chi connectivity index (χ1n) is 7.22. The molecule has 0 saturated carbocycles. The summed E-state index contributed by atoms with van der Waals surface area (Å²) in [7, 11) is 0. The number of aromatic nitrogens is 1. The number of hydrogen-bond donors (Lipinski definition) is 2. The van der Waals surface area contributed by atoms with Gasteiger partial charge in [-0.25, -0.2) is 4.98 Å². The van der Waals surface area contributed by atoms with E-state index in [2.05, 4.69) is 15.2 Å². The zero-order valence-corrected chi connectivity index (χ0v) is 13.0. The number of halogens is 1. The molecule has 0 spiro atoms. The van der Waals surface area contributed by atoms with Gasteiger partial charge in [-0.3, -0.25) is 9.69 Å². The summed E-state index contributed by atoms with van der Waals surface area (Å²) in [5, 5.41) is 14.0. The molecule has 2 saturated heterocycles. The van der Waals surface area contributed by atoms with Crippen LogP contribution in [0.2, 0.25) is 0 Å². The molecule has 0 bridgehead atoms. The molecular weight excluding hydrogens is 310 g/mol. The van der Waals surface area contributed by atoms with E-state index in [0.717, 1.165) is 32.6 Å². The first kappa shape index (κ1) is 16.7. The van der Waals surface area contributed by atoms with Gasteiger partial charge < -0.3 is 20.3 Å². The van der Waals surface area contributed by atoms with Crippen molar-refractivity contribution in [2.75, 3.05) is 39.3 Å². The molecular formula is C13H20ClN5O3. The largest absolute Gasteiger partial charge is 0.358 e. The van der Waals surface area contributed by atoms with Crippen molar-refractivity contribution in [3.63, 3.8) is 0 Å². The number of nitro groups is 1. The lowest BCUT2D eigenvalue weighted by atomic mass is 10.2. The first-order chi connectivity index (χ1) is 10.1. The summed E-state index contributed by atoms with van der Waals surface area (Å²) in [6.07, 6.45) is 1.16. The number of carbonyl (C=O) groups excluding carboxylic acids is 1. The fourth-order valence-corrected chi connectivity index (χ4v) is 3.03. The van der Waals surface area contributed by atoms with E-state index in [1.807, 2.05) is 0 Å². The lowest BCUT2D eigenvalue weighted by Gasteiger charge is -2.37. The number of nitrogens with one attached hydrogen (secondary N) is 2. The lowest BCUT2D eigenvalue weighted by Crippen LogP contribution is -2.52. The number of rotatable bonds is 3. The summed E-state index contributed by atoms with van der Waals surface area (Å²) in [4.78, 5) is 29.2. The number of H-pyrrole nitrogens is 1. The van der Waals surface area contributed by atoms with Crippen LogP contribution in [0.15, 0.2) is 12.1 Å². The Balaban J connectivity index is 0.00000176. The summed E-state index contributed by atoms with van der Waals surface area (Å²) >= 11 is 0. The summed E-state index contributed by atoms with van der Waals surface area (Å²) in [5.74, 6) is -0.304. The van der Waals surface area contributed by atoms with E-state index >= 15 is 0 Å². The maximum absolute atomic E-state index is 12.3. The minimum atomic E-state index is -0.526. The van der Waals surface area contributed by atoms with E-state index in [-0.39, 0.29) is 29.8 Å². The molecule has 22 heavy (non-hydrogen) atoms. The van der Waals surface area contributed by atoms with Gasteiger partial charge in [0.1, 0.15) is 0 Å². The zero-order chi connectivity index (χ0) is 14.8. The van der Waals surface area contributed by atoms with Crippen LogP contribution in [0.4, 0.5) is 5.82 Å². The lowest BCUT2D eigenvalue weighted by molar-refractivity contribution is -0.389. The van der Waals surface area contributed by atoms with Crippen LogP contribution in [0.1, 0.15) is 16.9 Å². The number of aromatic amines is 1. The average Bonchev–Trinajstić information content (AvgIpc) is 3.18. The molecule has 2 aliphatic heterocycles. The molecule has 0 aromatic carbocycles. The molecule has 1 amide bonds. The fraction of sp³-hybridized carbons (Fsp3) is 0.615. The Labute approximate surface area is 134 Å². The van der Waals surface area contributed by atoms with Crippen LogP contribution in [-0.4, -0.2) is 70.9 Å². The molecule has 0 aliphatic carbocycles. The molecule has 9 heteroatoms. The van der Waals surface area contributed by atoms with Crippen LogP contribution in [-0.2, 0) is 0 Å². The summed E-state index contributed by atoms with van der Waals surface area (Å²) in [6, 6.07) is 3.38. The highest BCUT2D eigenvalue weighted by Crippen LogP contribution is 2.15. The summed E-state index contributed by atoms with van der Waals surface area (Å²) in [6.45, 7) is 5.15.